The van der Waals surface area contributed by atoms with Crippen LogP contribution in [0.2, 0.25) is 0 Å². The van der Waals surface area contributed by atoms with Crippen LogP contribution in [0.3, 0.4) is 0 Å². The molecule has 4 aliphatic rings. The van der Waals surface area contributed by atoms with E-state index in [-0.39, 0.29) is 0 Å². The van der Waals surface area contributed by atoms with E-state index >= 15 is 0 Å². The van der Waals surface area contributed by atoms with Gasteiger partial charge in [0.2, 0.25) is 0 Å². The van der Waals surface area contributed by atoms with Gasteiger partial charge in [0.1, 0.15) is 5.01 Å². The average Bonchev–Trinajstić information content (AvgIpc) is 2.85. The molecule has 4 aliphatic carbocycles. The molecular weight excluding hydrogens is 320 g/mol. The summed E-state index contributed by atoms with van der Waals surface area (Å²) in [6.07, 6.45) is 7.52. The van der Waals surface area contributed by atoms with E-state index in [0.29, 0.717) is 0 Å². The lowest BCUT2D eigenvalue weighted by Crippen LogP contribution is -2.54. The third kappa shape index (κ3) is 2.40. The summed E-state index contributed by atoms with van der Waals surface area (Å²) in [7, 11) is 0. The number of hydrogen-bond acceptors (Lipinski definition) is 3. The zero-order chi connectivity index (χ0) is 12.8. The van der Waals surface area contributed by atoms with Gasteiger partial charge in [-0.15, -0.1) is 11.3 Å². The molecule has 1 heterocycles. The normalized spacial score (nSPS) is 39.9. The van der Waals surface area contributed by atoms with Crippen LogP contribution in [-0.2, 0) is 11.9 Å². The summed E-state index contributed by atoms with van der Waals surface area (Å²) in [5, 5.41) is 8.14. The first-order valence-electron chi connectivity index (χ1n) is 7.54. The number of nitrogens with one attached hydrogen (secondary N) is 1. The third-order valence-corrected chi connectivity index (χ3v) is 7.26. The Bertz CT molecular complexity index is 431. The van der Waals surface area contributed by atoms with E-state index < -0.39 is 0 Å². The summed E-state index contributed by atoms with van der Waals surface area (Å²) in [5.74, 6) is 4.07. The fourth-order valence-electron chi connectivity index (χ4n) is 4.97. The molecule has 0 aromatic carbocycles. The molecule has 4 fully saturated rings. The highest BCUT2D eigenvalue weighted by molar-refractivity contribution is 9.08. The van der Waals surface area contributed by atoms with Crippen molar-refractivity contribution in [2.45, 2.75) is 50.0 Å². The van der Waals surface area contributed by atoms with Crippen LogP contribution >= 0.6 is 27.3 Å². The average molecular weight is 341 g/mol. The van der Waals surface area contributed by atoms with Gasteiger partial charge in [-0.25, -0.2) is 4.98 Å². The lowest BCUT2D eigenvalue weighted by molar-refractivity contribution is -0.0143. The highest BCUT2D eigenvalue weighted by Crippen LogP contribution is 2.53. The molecular formula is C15H21BrN2S. The molecule has 0 atom stereocenters. The number of nitrogens with zero attached hydrogens (tertiary/aromatic N) is 1. The minimum absolute atomic E-state index is 0.780. The van der Waals surface area contributed by atoms with Crippen molar-refractivity contribution in [1.82, 2.24) is 10.3 Å². The number of alkyl halides is 1. The molecule has 1 aromatic heterocycles. The first-order chi connectivity index (χ1) is 9.31. The van der Waals surface area contributed by atoms with Gasteiger partial charge in [-0.1, -0.05) is 15.9 Å². The number of thiazole rings is 1. The van der Waals surface area contributed by atoms with Gasteiger partial charge in [-0.2, -0.15) is 0 Å². The summed E-state index contributed by atoms with van der Waals surface area (Å²) >= 11 is 5.24. The predicted octanol–water partition coefficient (Wildman–Crippen LogP) is 3.95. The van der Waals surface area contributed by atoms with Gasteiger partial charge >= 0.3 is 0 Å². The van der Waals surface area contributed by atoms with Crippen molar-refractivity contribution >= 4 is 27.3 Å². The molecule has 1 N–H and O–H groups in total. The summed E-state index contributed by atoms with van der Waals surface area (Å²) in [6, 6.07) is 0.780. The van der Waals surface area contributed by atoms with Gasteiger partial charge in [-0.3, -0.25) is 0 Å². The molecule has 0 aliphatic heterocycles. The number of halogens is 1. The Morgan fingerprint density at radius 3 is 2.42 bits per heavy atom. The monoisotopic (exact) mass is 340 g/mol. The summed E-state index contributed by atoms with van der Waals surface area (Å²) in [6.45, 7) is 0.969. The molecule has 5 rings (SSSR count). The van der Waals surface area contributed by atoms with Crippen LogP contribution in [0.25, 0.3) is 0 Å². The smallest absolute Gasteiger partial charge is 0.103 e. The van der Waals surface area contributed by atoms with Crippen molar-refractivity contribution in [2.24, 2.45) is 23.7 Å². The summed E-state index contributed by atoms with van der Waals surface area (Å²) < 4.78 is 0. The Kier molecular flexibility index (Phi) is 3.44. The molecule has 104 valence electrons. The van der Waals surface area contributed by atoms with E-state index in [9.17, 15) is 0 Å². The van der Waals surface area contributed by atoms with Gasteiger partial charge < -0.3 is 5.32 Å². The predicted molar refractivity (Wildman–Crippen MR) is 82.4 cm³/mol. The van der Waals surface area contributed by atoms with Gasteiger partial charge in [0, 0.05) is 18.0 Å². The van der Waals surface area contributed by atoms with E-state index in [0.717, 1.165) is 41.6 Å². The minimum atomic E-state index is 0.780. The standard InChI is InChI=1S/C15H21BrN2S/c16-6-14-18-13(8-19-14)7-17-15-11-2-9-1-10(4-11)5-12(15)3-9/h8-12,15,17H,1-7H2. The molecule has 4 saturated carbocycles. The van der Waals surface area contributed by atoms with E-state index in [4.69, 9.17) is 0 Å². The Hall–Kier alpha value is 0.0700. The molecule has 0 amide bonds. The molecule has 0 spiro atoms. The Labute approximate surface area is 127 Å². The largest absolute Gasteiger partial charge is 0.308 e. The van der Waals surface area contributed by atoms with Crippen LogP contribution in [0, 0.1) is 23.7 Å². The first-order valence-corrected chi connectivity index (χ1v) is 9.54. The Morgan fingerprint density at radius 1 is 1.16 bits per heavy atom. The zero-order valence-corrected chi connectivity index (χ0v) is 13.5. The zero-order valence-electron chi connectivity index (χ0n) is 11.1. The second kappa shape index (κ2) is 5.12. The summed E-state index contributed by atoms with van der Waals surface area (Å²) in [5.41, 5.74) is 1.23. The van der Waals surface area contributed by atoms with Gasteiger partial charge in [0.05, 0.1) is 11.0 Å². The molecule has 0 saturated heterocycles. The fraction of sp³-hybridized carbons (Fsp3) is 0.800. The highest BCUT2D eigenvalue weighted by Gasteiger charge is 2.47. The second-order valence-corrected chi connectivity index (χ2v) is 8.21. The van der Waals surface area contributed by atoms with E-state index in [1.165, 1.54) is 36.4 Å². The van der Waals surface area contributed by atoms with Gasteiger partial charge in [0.15, 0.2) is 0 Å². The molecule has 19 heavy (non-hydrogen) atoms. The highest BCUT2D eigenvalue weighted by atomic mass is 79.9. The van der Waals surface area contributed by atoms with E-state index in [1.54, 1.807) is 17.8 Å². The maximum absolute atomic E-state index is 4.64. The Balaban J connectivity index is 1.40. The van der Waals surface area contributed by atoms with Crippen LogP contribution in [0.5, 0.6) is 0 Å². The lowest BCUT2D eigenvalue weighted by Gasteiger charge is -2.54. The SMILES string of the molecule is BrCc1nc(CNC2C3CC4CC(C3)CC2C4)cs1. The third-order valence-electron chi connectivity index (χ3n) is 5.46. The molecule has 2 nitrogen and oxygen atoms in total. The number of aromatic nitrogens is 1. The molecule has 1 aromatic rings. The molecule has 4 heteroatoms. The second-order valence-electron chi connectivity index (χ2n) is 6.70. The number of hydrogen-bond donors (Lipinski definition) is 1. The number of rotatable bonds is 4. The molecule has 4 bridgehead atoms. The van der Waals surface area contributed by atoms with Crippen LogP contribution < -0.4 is 5.32 Å². The van der Waals surface area contributed by atoms with Crippen molar-refractivity contribution < 1.29 is 0 Å². The maximum atomic E-state index is 4.64. The first kappa shape index (κ1) is 12.8. The van der Waals surface area contributed by atoms with Crippen LogP contribution in [0.15, 0.2) is 5.38 Å². The fourth-order valence-corrected chi connectivity index (χ4v) is 6.14. The maximum Gasteiger partial charge on any atom is 0.103 e. The van der Waals surface area contributed by atoms with Crippen LogP contribution in [0.1, 0.15) is 42.8 Å². The summed E-state index contributed by atoms with van der Waals surface area (Å²) in [4.78, 5) is 4.64. The van der Waals surface area contributed by atoms with Crippen molar-refractivity contribution in [3.63, 3.8) is 0 Å². The van der Waals surface area contributed by atoms with Crippen molar-refractivity contribution in [2.75, 3.05) is 0 Å². The minimum Gasteiger partial charge on any atom is -0.308 e. The lowest BCUT2D eigenvalue weighted by atomic mass is 9.54. The topological polar surface area (TPSA) is 24.9 Å². The van der Waals surface area contributed by atoms with Crippen molar-refractivity contribution in [3.8, 4) is 0 Å². The van der Waals surface area contributed by atoms with E-state index in [2.05, 4.69) is 31.6 Å². The van der Waals surface area contributed by atoms with Gasteiger partial charge in [0.25, 0.3) is 0 Å². The molecule has 0 unspecified atom stereocenters. The Morgan fingerprint density at radius 2 is 1.84 bits per heavy atom. The van der Waals surface area contributed by atoms with Crippen LogP contribution in [-0.4, -0.2) is 11.0 Å². The van der Waals surface area contributed by atoms with Crippen LogP contribution in [0.4, 0.5) is 0 Å². The van der Waals surface area contributed by atoms with Gasteiger partial charge in [-0.05, 0) is 55.8 Å². The quantitative estimate of drug-likeness (QED) is 0.839. The van der Waals surface area contributed by atoms with Crippen molar-refractivity contribution in [1.29, 1.82) is 0 Å². The molecule has 0 radical (unpaired) electrons. The van der Waals surface area contributed by atoms with Crippen molar-refractivity contribution in [3.05, 3.63) is 16.1 Å². The van der Waals surface area contributed by atoms with E-state index in [1.807, 2.05) is 0 Å².